The van der Waals surface area contributed by atoms with Gasteiger partial charge in [0.25, 0.3) is 0 Å². The van der Waals surface area contributed by atoms with Gasteiger partial charge in [-0.05, 0) is 31.2 Å². The highest BCUT2D eigenvalue weighted by Gasteiger charge is 2.28. The fraction of sp³-hybridized carbons (Fsp3) is 0.350. The minimum Gasteiger partial charge on any atom is -0.486 e. The van der Waals surface area contributed by atoms with Gasteiger partial charge in [0, 0.05) is 34.8 Å². The molecule has 0 bridgehead atoms. The number of halogens is 2. The average molecular weight is 474 g/mol. The number of nitrogens with zero attached hydrogens (tertiary/aromatic N) is 1. The highest BCUT2D eigenvalue weighted by atomic mass is 35.5. The van der Waals surface area contributed by atoms with Gasteiger partial charge in [0.1, 0.15) is 13.2 Å². The summed E-state index contributed by atoms with van der Waals surface area (Å²) in [6, 6.07) is 9.33. The molecule has 0 aliphatic carbocycles. The molecule has 0 saturated carbocycles. The van der Waals surface area contributed by atoms with Crippen LogP contribution in [0.2, 0.25) is 10.0 Å². The van der Waals surface area contributed by atoms with Crippen molar-refractivity contribution < 1.29 is 27.4 Å². The number of sulfonamides is 1. The van der Waals surface area contributed by atoms with Gasteiger partial charge >= 0.3 is 5.97 Å². The van der Waals surface area contributed by atoms with Crippen molar-refractivity contribution in [1.29, 1.82) is 0 Å². The predicted octanol–water partition coefficient (Wildman–Crippen LogP) is 3.91. The summed E-state index contributed by atoms with van der Waals surface area (Å²) in [5, 5.41) is 0.669. The summed E-state index contributed by atoms with van der Waals surface area (Å²) in [5.74, 6) is 0.334. The van der Waals surface area contributed by atoms with Crippen molar-refractivity contribution in [2.24, 2.45) is 0 Å². The molecule has 30 heavy (non-hydrogen) atoms. The molecule has 0 unspecified atom stereocenters. The van der Waals surface area contributed by atoms with E-state index in [0.29, 0.717) is 40.3 Å². The molecule has 0 radical (unpaired) electrons. The van der Waals surface area contributed by atoms with Gasteiger partial charge in [-0.15, -0.1) is 0 Å². The number of hydrogen-bond acceptors (Lipinski definition) is 6. The Kier molecular flexibility index (Phi) is 7.46. The molecular formula is C20H21Cl2NO6S. The third-order valence-electron chi connectivity index (χ3n) is 4.42. The quantitative estimate of drug-likeness (QED) is 0.540. The van der Waals surface area contributed by atoms with E-state index in [4.69, 9.17) is 37.4 Å². The van der Waals surface area contributed by atoms with Crippen LogP contribution >= 0.6 is 23.2 Å². The van der Waals surface area contributed by atoms with E-state index in [9.17, 15) is 13.2 Å². The van der Waals surface area contributed by atoms with Crippen LogP contribution in [-0.4, -0.2) is 45.1 Å². The van der Waals surface area contributed by atoms with E-state index in [0.717, 1.165) is 4.31 Å². The number of esters is 1. The van der Waals surface area contributed by atoms with Crippen LogP contribution in [0, 0.1) is 0 Å². The summed E-state index contributed by atoms with van der Waals surface area (Å²) < 4.78 is 43.9. The van der Waals surface area contributed by atoms with Crippen LogP contribution in [0.4, 0.5) is 0 Å². The Labute approximate surface area is 185 Å². The maximum Gasteiger partial charge on any atom is 0.307 e. The Morgan fingerprint density at radius 3 is 2.43 bits per heavy atom. The van der Waals surface area contributed by atoms with Crippen molar-refractivity contribution in [2.45, 2.75) is 24.8 Å². The molecule has 0 N–H and O–H groups in total. The number of benzene rings is 2. The zero-order chi connectivity index (χ0) is 21.7. The second-order valence-electron chi connectivity index (χ2n) is 6.40. The van der Waals surface area contributed by atoms with Crippen LogP contribution in [-0.2, 0) is 26.1 Å². The minimum absolute atomic E-state index is 0.0128. The molecule has 2 aromatic rings. The van der Waals surface area contributed by atoms with E-state index in [1.807, 2.05) is 0 Å². The molecule has 2 aromatic carbocycles. The lowest BCUT2D eigenvalue weighted by molar-refractivity contribution is -0.143. The van der Waals surface area contributed by atoms with E-state index >= 15 is 0 Å². The molecule has 162 valence electrons. The van der Waals surface area contributed by atoms with Gasteiger partial charge in [-0.1, -0.05) is 29.3 Å². The zero-order valence-electron chi connectivity index (χ0n) is 16.3. The van der Waals surface area contributed by atoms with Gasteiger partial charge in [-0.25, -0.2) is 8.42 Å². The fourth-order valence-corrected chi connectivity index (χ4v) is 4.87. The largest absolute Gasteiger partial charge is 0.486 e. The maximum atomic E-state index is 13.4. The van der Waals surface area contributed by atoms with E-state index in [1.54, 1.807) is 31.2 Å². The van der Waals surface area contributed by atoms with Crippen LogP contribution < -0.4 is 9.47 Å². The fourth-order valence-electron chi connectivity index (χ4n) is 2.93. The van der Waals surface area contributed by atoms with Crippen LogP contribution in [0.5, 0.6) is 11.5 Å². The maximum absolute atomic E-state index is 13.4. The summed E-state index contributed by atoms with van der Waals surface area (Å²) >= 11 is 12.5. The lowest BCUT2D eigenvalue weighted by atomic mass is 10.2. The van der Waals surface area contributed by atoms with Crippen molar-refractivity contribution in [1.82, 2.24) is 4.31 Å². The first-order valence-electron chi connectivity index (χ1n) is 9.31. The van der Waals surface area contributed by atoms with Gasteiger partial charge in [0.05, 0.1) is 17.9 Å². The number of rotatable bonds is 8. The SMILES string of the molecule is CCOC(=O)CCN(Cc1c(Cl)cccc1Cl)S(=O)(=O)c1ccc2c(c1)OCCO2. The average Bonchev–Trinajstić information content (AvgIpc) is 2.72. The summed E-state index contributed by atoms with van der Waals surface area (Å²) in [6.45, 7) is 2.43. The molecule has 1 aliphatic rings. The van der Waals surface area contributed by atoms with Crippen molar-refractivity contribution >= 4 is 39.2 Å². The summed E-state index contributed by atoms with van der Waals surface area (Å²) in [4.78, 5) is 11.9. The molecule has 7 nitrogen and oxygen atoms in total. The van der Waals surface area contributed by atoms with Crippen LogP contribution in [0.3, 0.4) is 0 Å². The molecule has 1 heterocycles. The molecule has 0 amide bonds. The smallest absolute Gasteiger partial charge is 0.307 e. The summed E-state index contributed by atoms with van der Waals surface area (Å²) in [6.07, 6.45) is -0.111. The molecule has 0 spiro atoms. The van der Waals surface area contributed by atoms with Crippen LogP contribution in [0.25, 0.3) is 0 Å². The van der Waals surface area contributed by atoms with Crippen molar-refractivity contribution in [3.8, 4) is 11.5 Å². The normalized spacial score (nSPS) is 13.3. The predicted molar refractivity (Wildman–Crippen MR) is 113 cm³/mol. The van der Waals surface area contributed by atoms with Crippen molar-refractivity contribution in [3.63, 3.8) is 0 Å². The topological polar surface area (TPSA) is 82.1 Å². The number of carbonyl (C=O) groups excluding carboxylic acids is 1. The Morgan fingerprint density at radius 1 is 1.10 bits per heavy atom. The Hall–Kier alpha value is -2.00. The lowest BCUT2D eigenvalue weighted by Gasteiger charge is -2.24. The minimum atomic E-state index is -4.00. The molecule has 3 rings (SSSR count). The molecule has 0 aromatic heterocycles. The third-order valence-corrected chi connectivity index (χ3v) is 6.97. The molecule has 0 saturated heterocycles. The van der Waals surface area contributed by atoms with E-state index in [2.05, 4.69) is 0 Å². The Morgan fingerprint density at radius 2 is 1.77 bits per heavy atom. The monoisotopic (exact) mass is 473 g/mol. The van der Waals surface area contributed by atoms with Crippen LogP contribution in [0.1, 0.15) is 18.9 Å². The highest BCUT2D eigenvalue weighted by molar-refractivity contribution is 7.89. The van der Waals surface area contributed by atoms with Crippen LogP contribution in [0.15, 0.2) is 41.3 Å². The molecule has 1 aliphatic heterocycles. The van der Waals surface area contributed by atoms with Gasteiger partial charge in [-0.2, -0.15) is 4.31 Å². The van der Waals surface area contributed by atoms with E-state index in [1.165, 1.54) is 12.1 Å². The van der Waals surface area contributed by atoms with Gasteiger partial charge in [0.2, 0.25) is 10.0 Å². The number of hydrogen-bond donors (Lipinski definition) is 0. The standard InChI is InChI=1S/C20H21Cl2NO6S/c1-2-27-20(24)8-9-23(13-15-16(21)4-3-5-17(15)22)30(25,26)14-6-7-18-19(12-14)29-11-10-28-18/h3-7,12H,2,8-11,13H2,1H3. The van der Waals surface area contributed by atoms with Gasteiger partial charge in [-0.3, -0.25) is 4.79 Å². The summed E-state index contributed by atoms with van der Waals surface area (Å²) in [5.41, 5.74) is 0.450. The Balaban J connectivity index is 1.94. The first-order valence-corrected chi connectivity index (χ1v) is 11.5. The van der Waals surface area contributed by atoms with E-state index < -0.39 is 16.0 Å². The first-order chi connectivity index (χ1) is 14.3. The summed E-state index contributed by atoms with van der Waals surface area (Å²) in [7, 11) is -4.00. The second-order valence-corrected chi connectivity index (χ2v) is 9.15. The van der Waals surface area contributed by atoms with Gasteiger partial charge < -0.3 is 14.2 Å². The number of fused-ring (bicyclic) bond motifs is 1. The third kappa shape index (κ3) is 5.18. The second kappa shape index (κ2) is 9.87. The van der Waals surface area contributed by atoms with Crippen molar-refractivity contribution in [2.75, 3.05) is 26.4 Å². The highest BCUT2D eigenvalue weighted by Crippen LogP contribution is 2.34. The number of ether oxygens (including phenoxy) is 3. The molecule has 10 heteroatoms. The first kappa shape index (κ1) is 22.7. The zero-order valence-corrected chi connectivity index (χ0v) is 18.6. The van der Waals surface area contributed by atoms with Gasteiger partial charge in [0.15, 0.2) is 11.5 Å². The molecular weight excluding hydrogens is 453 g/mol. The van der Waals surface area contributed by atoms with Crippen molar-refractivity contribution in [3.05, 3.63) is 52.0 Å². The molecule has 0 fully saturated rings. The number of carbonyl (C=O) groups is 1. The van der Waals surface area contributed by atoms with E-state index in [-0.39, 0.29) is 31.0 Å². The Bertz CT molecular complexity index is 1010. The molecule has 0 atom stereocenters. The lowest BCUT2D eigenvalue weighted by Crippen LogP contribution is -2.33.